The molecule has 126 valence electrons. The first-order valence-electron chi connectivity index (χ1n) is 8.89. The molecule has 3 heteroatoms. The van der Waals surface area contributed by atoms with Crippen molar-refractivity contribution in [2.24, 2.45) is 5.92 Å². The number of likely N-dealkylation sites (tertiary alicyclic amines) is 1. The summed E-state index contributed by atoms with van der Waals surface area (Å²) in [6.07, 6.45) is 3.11. The first-order valence-corrected chi connectivity index (χ1v) is 8.89. The van der Waals surface area contributed by atoms with Gasteiger partial charge >= 0.3 is 0 Å². The molecule has 3 nitrogen and oxygen atoms in total. The van der Waals surface area contributed by atoms with Gasteiger partial charge in [0.25, 0.3) is 0 Å². The molecule has 0 aromatic heterocycles. The lowest BCUT2D eigenvalue weighted by atomic mass is 10.0. The van der Waals surface area contributed by atoms with E-state index >= 15 is 0 Å². The Bertz CT molecular complexity index is 669. The zero-order chi connectivity index (χ0) is 16.8. The fourth-order valence-electron chi connectivity index (χ4n) is 3.42. The molecule has 1 amide bonds. The molecule has 1 heterocycles. The Morgan fingerprint density at radius 2 is 1.88 bits per heavy atom. The number of carbonyl (C=O) groups excluding carboxylic acids is 1. The van der Waals surface area contributed by atoms with Crippen LogP contribution < -0.4 is 5.32 Å². The molecule has 0 aliphatic carbocycles. The number of nitrogens with zero attached hydrogens (tertiary/aromatic N) is 1. The lowest BCUT2D eigenvalue weighted by molar-refractivity contribution is -0.116. The van der Waals surface area contributed by atoms with E-state index in [9.17, 15) is 4.79 Å². The van der Waals surface area contributed by atoms with Crippen molar-refractivity contribution in [2.75, 3.05) is 25.0 Å². The van der Waals surface area contributed by atoms with E-state index in [1.54, 1.807) is 0 Å². The van der Waals surface area contributed by atoms with Crippen LogP contribution in [0.15, 0.2) is 54.6 Å². The number of benzene rings is 2. The van der Waals surface area contributed by atoms with Gasteiger partial charge in [0.2, 0.25) is 5.91 Å². The predicted octanol–water partition coefficient (Wildman–Crippen LogP) is 4.41. The third-order valence-corrected chi connectivity index (χ3v) is 4.68. The molecule has 0 spiro atoms. The van der Waals surface area contributed by atoms with Gasteiger partial charge in [-0.1, -0.05) is 55.5 Å². The molecular weight excluding hydrogens is 296 g/mol. The summed E-state index contributed by atoms with van der Waals surface area (Å²) in [6, 6.07) is 18.2. The molecule has 2 aromatic carbocycles. The number of para-hydroxylation sites is 1. The Hall–Kier alpha value is -2.13. The van der Waals surface area contributed by atoms with Crippen LogP contribution in [0.1, 0.15) is 26.2 Å². The number of rotatable bonds is 5. The molecule has 1 N–H and O–H groups in total. The average molecular weight is 322 g/mol. The fourth-order valence-corrected chi connectivity index (χ4v) is 3.42. The van der Waals surface area contributed by atoms with E-state index < -0.39 is 0 Å². The summed E-state index contributed by atoms with van der Waals surface area (Å²) in [5.41, 5.74) is 3.08. The van der Waals surface area contributed by atoms with Gasteiger partial charge in [0.1, 0.15) is 0 Å². The van der Waals surface area contributed by atoms with Gasteiger partial charge in [0.15, 0.2) is 0 Å². The molecule has 24 heavy (non-hydrogen) atoms. The monoisotopic (exact) mass is 322 g/mol. The van der Waals surface area contributed by atoms with E-state index in [4.69, 9.17) is 0 Å². The number of hydrogen-bond donors (Lipinski definition) is 1. The van der Waals surface area contributed by atoms with Crippen LogP contribution in [0.25, 0.3) is 11.1 Å². The second-order valence-corrected chi connectivity index (χ2v) is 6.76. The number of amides is 1. The number of hydrogen-bond acceptors (Lipinski definition) is 2. The van der Waals surface area contributed by atoms with Crippen molar-refractivity contribution in [1.29, 1.82) is 0 Å². The smallest absolute Gasteiger partial charge is 0.225 e. The van der Waals surface area contributed by atoms with Crippen molar-refractivity contribution in [3.05, 3.63) is 54.6 Å². The van der Waals surface area contributed by atoms with Gasteiger partial charge in [-0.25, -0.2) is 0 Å². The normalized spacial score (nSPS) is 18.3. The molecule has 1 saturated heterocycles. The zero-order valence-corrected chi connectivity index (χ0v) is 14.4. The summed E-state index contributed by atoms with van der Waals surface area (Å²) in [7, 11) is 0. The highest BCUT2D eigenvalue weighted by Gasteiger charge is 2.17. The SMILES string of the molecule is C[C@@H]1CCCN(CCC(=O)Nc2ccccc2-c2ccccc2)C1. The highest BCUT2D eigenvalue weighted by Crippen LogP contribution is 2.27. The predicted molar refractivity (Wildman–Crippen MR) is 100.0 cm³/mol. The Kier molecular flexibility index (Phi) is 5.65. The van der Waals surface area contributed by atoms with Crippen LogP contribution in [-0.2, 0) is 4.79 Å². The first kappa shape index (κ1) is 16.7. The van der Waals surface area contributed by atoms with Crippen LogP contribution in [0.2, 0.25) is 0 Å². The van der Waals surface area contributed by atoms with Crippen molar-refractivity contribution >= 4 is 11.6 Å². The molecule has 3 rings (SSSR count). The van der Waals surface area contributed by atoms with Crippen LogP contribution in [-0.4, -0.2) is 30.4 Å². The zero-order valence-electron chi connectivity index (χ0n) is 14.4. The maximum Gasteiger partial charge on any atom is 0.225 e. The van der Waals surface area contributed by atoms with Crippen LogP contribution in [0.5, 0.6) is 0 Å². The Morgan fingerprint density at radius 1 is 1.12 bits per heavy atom. The quantitative estimate of drug-likeness (QED) is 0.884. The summed E-state index contributed by atoms with van der Waals surface area (Å²) >= 11 is 0. The van der Waals surface area contributed by atoms with Gasteiger partial charge in [-0.15, -0.1) is 0 Å². The maximum absolute atomic E-state index is 12.4. The van der Waals surface area contributed by atoms with Crippen LogP contribution in [0.4, 0.5) is 5.69 Å². The van der Waals surface area contributed by atoms with Crippen molar-refractivity contribution in [2.45, 2.75) is 26.2 Å². The molecule has 1 fully saturated rings. The minimum absolute atomic E-state index is 0.0941. The van der Waals surface area contributed by atoms with Gasteiger partial charge in [-0.05, 0) is 36.9 Å². The molecule has 1 atom stereocenters. The molecule has 2 aromatic rings. The summed E-state index contributed by atoms with van der Waals surface area (Å²) in [5.74, 6) is 0.845. The molecule has 0 radical (unpaired) electrons. The summed E-state index contributed by atoms with van der Waals surface area (Å²) in [6.45, 7) is 5.39. The Labute approximate surface area is 144 Å². The Morgan fingerprint density at radius 3 is 2.67 bits per heavy atom. The maximum atomic E-state index is 12.4. The minimum atomic E-state index is 0.0941. The first-order chi connectivity index (χ1) is 11.7. The minimum Gasteiger partial charge on any atom is -0.325 e. The fraction of sp³-hybridized carbons (Fsp3) is 0.381. The van der Waals surface area contributed by atoms with Crippen molar-refractivity contribution in [1.82, 2.24) is 4.90 Å². The lowest BCUT2D eigenvalue weighted by Crippen LogP contribution is -2.36. The second-order valence-electron chi connectivity index (χ2n) is 6.76. The van der Waals surface area contributed by atoms with Crippen LogP contribution in [0, 0.1) is 5.92 Å². The summed E-state index contributed by atoms with van der Waals surface area (Å²) in [4.78, 5) is 14.8. The Balaban J connectivity index is 1.61. The van der Waals surface area contributed by atoms with E-state index in [0.29, 0.717) is 6.42 Å². The van der Waals surface area contributed by atoms with E-state index in [0.717, 1.165) is 42.4 Å². The van der Waals surface area contributed by atoms with Gasteiger partial charge in [-0.2, -0.15) is 0 Å². The topological polar surface area (TPSA) is 32.3 Å². The largest absolute Gasteiger partial charge is 0.325 e. The third kappa shape index (κ3) is 4.45. The van der Waals surface area contributed by atoms with E-state index in [-0.39, 0.29) is 5.91 Å². The highest BCUT2D eigenvalue weighted by molar-refractivity contribution is 5.95. The lowest BCUT2D eigenvalue weighted by Gasteiger charge is -2.30. The van der Waals surface area contributed by atoms with Crippen LogP contribution >= 0.6 is 0 Å². The van der Waals surface area contributed by atoms with Crippen LogP contribution in [0.3, 0.4) is 0 Å². The third-order valence-electron chi connectivity index (χ3n) is 4.68. The number of anilines is 1. The molecular formula is C21H26N2O. The van der Waals surface area contributed by atoms with Gasteiger partial charge < -0.3 is 10.2 Å². The summed E-state index contributed by atoms with van der Waals surface area (Å²) in [5, 5.41) is 3.09. The summed E-state index contributed by atoms with van der Waals surface area (Å²) < 4.78 is 0. The standard InChI is InChI=1S/C21H26N2O/c1-17-8-7-14-23(16-17)15-13-21(24)22-20-12-6-5-11-19(20)18-9-3-2-4-10-18/h2-6,9-12,17H,7-8,13-16H2,1H3,(H,22,24)/t17-/m1/s1. The molecule has 0 saturated carbocycles. The number of carbonyl (C=O) groups is 1. The van der Waals surface area contributed by atoms with E-state index in [1.807, 2.05) is 36.4 Å². The van der Waals surface area contributed by atoms with Crippen molar-refractivity contribution in [3.63, 3.8) is 0 Å². The van der Waals surface area contributed by atoms with Gasteiger partial charge in [0, 0.05) is 30.8 Å². The average Bonchev–Trinajstić information content (AvgIpc) is 2.61. The van der Waals surface area contributed by atoms with E-state index in [2.05, 4.69) is 35.3 Å². The van der Waals surface area contributed by atoms with E-state index in [1.165, 1.54) is 12.8 Å². The number of piperidine rings is 1. The van der Waals surface area contributed by atoms with Gasteiger partial charge in [-0.3, -0.25) is 4.79 Å². The van der Waals surface area contributed by atoms with Crippen molar-refractivity contribution in [3.8, 4) is 11.1 Å². The van der Waals surface area contributed by atoms with Crippen molar-refractivity contribution < 1.29 is 4.79 Å². The molecule has 0 bridgehead atoms. The van der Waals surface area contributed by atoms with Gasteiger partial charge in [0.05, 0.1) is 0 Å². The molecule has 0 unspecified atom stereocenters. The highest BCUT2D eigenvalue weighted by atomic mass is 16.1. The number of nitrogens with one attached hydrogen (secondary N) is 1. The molecule has 1 aliphatic heterocycles. The molecule has 1 aliphatic rings. The second kappa shape index (κ2) is 8.11.